The maximum Gasteiger partial charge on any atom is 0.311 e. The van der Waals surface area contributed by atoms with Crippen LogP contribution in [0.4, 0.5) is 0 Å². The van der Waals surface area contributed by atoms with Crippen molar-refractivity contribution in [1.82, 2.24) is 0 Å². The molecule has 0 aromatic carbocycles. The molecule has 0 saturated carbocycles. The summed E-state index contributed by atoms with van der Waals surface area (Å²) in [6.07, 6.45) is 4.29. The summed E-state index contributed by atoms with van der Waals surface area (Å²) in [5.74, 6) is -1.02. The van der Waals surface area contributed by atoms with Crippen molar-refractivity contribution in [3.05, 3.63) is 21.9 Å². The first-order chi connectivity index (χ1) is 10.9. The molecule has 0 bridgehead atoms. The predicted octanol–water partition coefficient (Wildman–Crippen LogP) is 3.81. The van der Waals surface area contributed by atoms with Gasteiger partial charge in [-0.05, 0) is 12.8 Å². The van der Waals surface area contributed by atoms with Gasteiger partial charge in [0.2, 0.25) is 5.78 Å². The van der Waals surface area contributed by atoms with Crippen molar-refractivity contribution in [2.24, 2.45) is 5.92 Å². The molecule has 1 atom stereocenters. The highest BCUT2D eigenvalue weighted by atomic mass is 79.9. The van der Waals surface area contributed by atoms with Crippen LogP contribution >= 0.6 is 15.9 Å². The Balaban J connectivity index is 2.62. The minimum atomic E-state index is -0.408. The van der Waals surface area contributed by atoms with Gasteiger partial charge in [0.15, 0.2) is 5.76 Å². The highest BCUT2D eigenvalue weighted by Crippen LogP contribution is 2.38. The third kappa shape index (κ3) is 5.61. The maximum absolute atomic E-state index is 12.4. The molecule has 5 nitrogen and oxygen atoms in total. The van der Waals surface area contributed by atoms with E-state index in [4.69, 9.17) is 9.47 Å². The van der Waals surface area contributed by atoms with Crippen molar-refractivity contribution < 1.29 is 23.9 Å². The third-order valence-corrected chi connectivity index (χ3v) is 4.45. The van der Waals surface area contributed by atoms with Crippen molar-refractivity contribution in [2.45, 2.75) is 52.9 Å². The van der Waals surface area contributed by atoms with Crippen LogP contribution in [0.5, 0.6) is 0 Å². The fourth-order valence-electron chi connectivity index (χ4n) is 2.17. The Hall–Kier alpha value is -1.43. The summed E-state index contributed by atoms with van der Waals surface area (Å²) in [6.45, 7) is 5.88. The molecule has 1 aliphatic rings. The van der Waals surface area contributed by atoms with Crippen LogP contribution in [-0.2, 0) is 23.9 Å². The van der Waals surface area contributed by atoms with Crippen LogP contribution in [0, 0.1) is 5.92 Å². The predicted molar refractivity (Wildman–Crippen MR) is 89.7 cm³/mol. The molecule has 0 spiro atoms. The van der Waals surface area contributed by atoms with E-state index in [-0.39, 0.29) is 36.5 Å². The van der Waals surface area contributed by atoms with Crippen LogP contribution in [0.1, 0.15) is 52.9 Å². The van der Waals surface area contributed by atoms with E-state index in [2.05, 4.69) is 15.9 Å². The number of hydrogen-bond acceptors (Lipinski definition) is 5. The van der Waals surface area contributed by atoms with Gasteiger partial charge in [0.1, 0.15) is 0 Å². The summed E-state index contributed by atoms with van der Waals surface area (Å²) in [5.41, 5.74) is 0.558. The first kappa shape index (κ1) is 19.6. The van der Waals surface area contributed by atoms with Gasteiger partial charge >= 0.3 is 11.9 Å². The highest BCUT2D eigenvalue weighted by Gasteiger charge is 2.35. The molecule has 0 saturated heterocycles. The van der Waals surface area contributed by atoms with Gasteiger partial charge < -0.3 is 9.47 Å². The lowest BCUT2D eigenvalue weighted by Gasteiger charge is -2.05. The summed E-state index contributed by atoms with van der Waals surface area (Å²) < 4.78 is 10.8. The average Bonchev–Trinajstić information content (AvgIpc) is 2.69. The molecule has 0 aliphatic heterocycles. The molecule has 1 aliphatic carbocycles. The standard InChI is InChI=1S/C17H23BrO5/c1-4-7-13(19)22-10-6-9-12-11(3)15(18)17(16(12)21)23-14(20)8-5-2/h9,11H,4-8,10H2,1-3H3/b12-9+. The lowest BCUT2D eigenvalue weighted by atomic mass is 10.0. The fourth-order valence-corrected chi connectivity index (χ4v) is 2.67. The molecule has 0 aromatic heterocycles. The van der Waals surface area contributed by atoms with Gasteiger partial charge in [-0.2, -0.15) is 0 Å². The molecule has 0 fully saturated rings. The number of allylic oxidation sites excluding steroid dienone is 2. The van der Waals surface area contributed by atoms with Gasteiger partial charge in [-0.15, -0.1) is 0 Å². The minimum absolute atomic E-state index is 0.0742. The molecular weight excluding hydrogens is 364 g/mol. The number of hydrogen-bond donors (Lipinski definition) is 0. The molecule has 128 valence electrons. The molecule has 6 heteroatoms. The molecular formula is C17H23BrO5. The van der Waals surface area contributed by atoms with Gasteiger partial charge in [-0.25, -0.2) is 0 Å². The molecule has 1 unspecified atom stereocenters. The number of rotatable bonds is 8. The van der Waals surface area contributed by atoms with Crippen molar-refractivity contribution in [2.75, 3.05) is 6.61 Å². The van der Waals surface area contributed by atoms with E-state index in [1.165, 1.54) is 0 Å². The van der Waals surface area contributed by atoms with Crippen molar-refractivity contribution in [3.63, 3.8) is 0 Å². The Labute approximate surface area is 145 Å². The lowest BCUT2D eigenvalue weighted by molar-refractivity contribution is -0.143. The zero-order valence-electron chi connectivity index (χ0n) is 13.8. The summed E-state index contributed by atoms with van der Waals surface area (Å²) in [5, 5.41) is 0. The molecule has 0 aromatic rings. The second-order valence-corrected chi connectivity index (χ2v) is 6.22. The number of Topliss-reactive ketones (excluding diaryl/α,β-unsaturated/α-hetero) is 1. The number of carbonyl (C=O) groups excluding carboxylic acids is 3. The summed E-state index contributed by atoms with van der Waals surface area (Å²) in [6, 6.07) is 0. The smallest absolute Gasteiger partial charge is 0.311 e. The normalized spacial score (nSPS) is 19.4. The summed E-state index contributed by atoms with van der Waals surface area (Å²) in [4.78, 5) is 35.2. The number of esters is 2. The first-order valence-electron chi connectivity index (χ1n) is 7.93. The van der Waals surface area contributed by atoms with E-state index >= 15 is 0 Å². The molecule has 1 rings (SSSR count). The Morgan fingerprint density at radius 2 is 1.78 bits per heavy atom. The number of halogens is 1. The number of ether oxygens (including phenoxy) is 2. The Kier molecular flexibility index (Phi) is 8.23. The Morgan fingerprint density at radius 1 is 1.17 bits per heavy atom. The largest absolute Gasteiger partial charge is 0.465 e. The number of carbonyl (C=O) groups is 3. The van der Waals surface area contributed by atoms with Crippen LogP contribution in [0.2, 0.25) is 0 Å². The quantitative estimate of drug-likeness (QED) is 0.360. The van der Waals surface area contributed by atoms with Crippen LogP contribution in [0.3, 0.4) is 0 Å². The van der Waals surface area contributed by atoms with Crippen molar-refractivity contribution in [1.29, 1.82) is 0 Å². The van der Waals surface area contributed by atoms with Crippen molar-refractivity contribution >= 4 is 33.7 Å². The van der Waals surface area contributed by atoms with Gasteiger partial charge in [0, 0.05) is 35.2 Å². The van der Waals surface area contributed by atoms with Gasteiger partial charge in [-0.1, -0.05) is 42.8 Å². The minimum Gasteiger partial charge on any atom is -0.465 e. The van der Waals surface area contributed by atoms with Gasteiger partial charge in [0.05, 0.1) is 6.61 Å². The Bertz CT molecular complexity index is 533. The van der Waals surface area contributed by atoms with Gasteiger partial charge in [0.25, 0.3) is 0 Å². The third-order valence-electron chi connectivity index (χ3n) is 3.40. The van der Waals surface area contributed by atoms with E-state index in [9.17, 15) is 14.4 Å². The summed E-state index contributed by atoms with van der Waals surface area (Å²) >= 11 is 3.34. The number of ketones is 1. The van der Waals surface area contributed by atoms with Crippen LogP contribution < -0.4 is 0 Å². The van der Waals surface area contributed by atoms with Gasteiger partial charge in [-0.3, -0.25) is 14.4 Å². The highest BCUT2D eigenvalue weighted by molar-refractivity contribution is 9.11. The zero-order valence-corrected chi connectivity index (χ0v) is 15.4. The monoisotopic (exact) mass is 386 g/mol. The van der Waals surface area contributed by atoms with E-state index in [0.29, 0.717) is 29.3 Å². The Morgan fingerprint density at radius 3 is 2.39 bits per heavy atom. The lowest BCUT2D eigenvalue weighted by Crippen LogP contribution is -2.10. The topological polar surface area (TPSA) is 69.7 Å². The van der Waals surface area contributed by atoms with E-state index in [0.717, 1.165) is 6.42 Å². The van der Waals surface area contributed by atoms with E-state index in [1.54, 1.807) is 6.08 Å². The van der Waals surface area contributed by atoms with Crippen LogP contribution in [-0.4, -0.2) is 24.3 Å². The molecule has 23 heavy (non-hydrogen) atoms. The molecule has 0 radical (unpaired) electrons. The van der Waals surface area contributed by atoms with Crippen molar-refractivity contribution in [3.8, 4) is 0 Å². The molecule has 0 amide bonds. The van der Waals surface area contributed by atoms with E-state index < -0.39 is 5.97 Å². The zero-order chi connectivity index (χ0) is 17.4. The maximum atomic E-state index is 12.4. The molecule has 0 N–H and O–H groups in total. The van der Waals surface area contributed by atoms with Crippen LogP contribution in [0.25, 0.3) is 0 Å². The summed E-state index contributed by atoms with van der Waals surface area (Å²) in [7, 11) is 0. The first-order valence-corrected chi connectivity index (χ1v) is 8.72. The van der Waals surface area contributed by atoms with E-state index in [1.807, 2.05) is 20.8 Å². The second-order valence-electron chi connectivity index (χ2n) is 5.37. The SMILES string of the molecule is CCCC(=O)OCC/C=C1/C(=O)C(OC(=O)CCC)=C(Br)C1C. The fraction of sp³-hybridized carbons (Fsp3) is 0.588. The van der Waals surface area contributed by atoms with Crippen LogP contribution in [0.15, 0.2) is 21.9 Å². The molecule has 0 heterocycles. The average molecular weight is 387 g/mol. The second kappa shape index (κ2) is 9.65.